The quantitative estimate of drug-likeness (QED) is 0.203. The smallest absolute Gasteiger partial charge is 0.00672 e. The van der Waals surface area contributed by atoms with Gasteiger partial charge in [-0.2, -0.15) is 0 Å². The van der Waals surface area contributed by atoms with Crippen molar-refractivity contribution in [3.8, 4) is 0 Å². The average molecular weight is 486 g/mol. The number of halogens is 1. The van der Waals surface area contributed by atoms with Gasteiger partial charge >= 0.3 is 0 Å². The highest BCUT2D eigenvalue weighted by Gasteiger charge is 2.25. The Balaban J connectivity index is 0.00000544. The molecule has 4 N–H and O–H groups in total. The lowest BCUT2D eigenvalue weighted by Gasteiger charge is -2.33. The lowest BCUT2D eigenvalue weighted by molar-refractivity contribution is 0.199. The number of rotatable bonds is 16. The Labute approximate surface area is 214 Å². The number of hydrogen-bond acceptors (Lipinski definition) is 3. The maximum absolute atomic E-state index is 5.59. The van der Waals surface area contributed by atoms with E-state index in [1.54, 1.807) is 0 Å². The molecule has 0 aliphatic heterocycles. The minimum atomic E-state index is 0. The summed E-state index contributed by atoms with van der Waals surface area (Å²) < 4.78 is 0. The van der Waals surface area contributed by atoms with Crippen molar-refractivity contribution in [3.63, 3.8) is 0 Å². The van der Waals surface area contributed by atoms with E-state index < -0.39 is 0 Å². The van der Waals surface area contributed by atoms with Crippen molar-refractivity contribution in [3.05, 3.63) is 0 Å². The molecule has 0 aromatic heterocycles. The highest BCUT2D eigenvalue weighted by atomic mass is 35.5. The van der Waals surface area contributed by atoms with Gasteiger partial charge in [0.05, 0.1) is 0 Å². The summed E-state index contributed by atoms with van der Waals surface area (Å²) in [6, 6.07) is 0.740. The molecule has 0 aromatic rings. The van der Waals surface area contributed by atoms with E-state index in [-0.39, 0.29) is 12.4 Å². The molecule has 0 unspecified atom stereocenters. The van der Waals surface area contributed by atoms with Crippen LogP contribution in [0.2, 0.25) is 0 Å². The summed E-state index contributed by atoms with van der Waals surface area (Å²) in [5.41, 5.74) is 5.59. The van der Waals surface area contributed by atoms with Crippen molar-refractivity contribution in [2.45, 2.75) is 124 Å². The van der Waals surface area contributed by atoms with Gasteiger partial charge in [0, 0.05) is 6.04 Å². The first-order valence-electron chi connectivity index (χ1n) is 14.6. The summed E-state index contributed by atoms with van der Waals surface area (Å²) in [6.45, 7) is 13.8. The molecule has 198 valence electrons. The third kappa shape index (κ3) is 13.2. The summed E-state index contributed by atoms with van der Waals surface area (Å²) in [4.78, 5) is 0. The molecule has 0 heterocycles. The SMILES string of the molecule is CC(C)C1CCC(CCC(CCC2CCC(C(C)C)CC2)NCCCNCCCN)CC1.Cl. The second-order valence-corrected chi connectivity index (χ2v) is 12.1. The van der Waals surface area contributed by atoms with Gasteiger partial charge in [0.2, 0.25) is 0 Å². The van der Waals surface area contributed by atoms with E-state index in [4.69, 9.17) is 5.73 Å². The van der Waals surface area contributed by atoms with Crippen LogP contribution in [0.1, 0.15) is 118 Å². The van der Waals surface area contributed by atoms with Crippen molar-refractivity contribution in [1.29, 1.82) is 0 Å². The lowest BCUT2D eigenvalue weighted by Crippen LogP contribution is -2.33. The first-order valence-corrected chi connectivity index (χ1v) is 14.6. The molecule has 0 saturated heterocycles. The Hall–Kier alpha value is 0.170. The Bertz CT molecular complexity index is 408. The zero-order valence-corrected chi connectivity index (χ0v) is 23.6. The Morgan fingerprint density at radius 1 is 0.667 bits per heavy atom. The molecule has 0 atom stereocenters. The Kier molecular flexibility index (Phi) is 17.4. The predicted molar refractivity (Wildman–Crippen MR) is 149 cm³/mol. The van der Waals surface area contributed by atoms with E-state index in [2.05, 4.69) is 38.3 Å². The highest BCUT2D eigenvalue weighted by Crippen LogP contribution is 2.37. The van der Waals surface area contributed by atoms with Crippen molar-refractivity contribution in [2.24, 2.45) is 41.2 Å². The van der Waals surface area contributed by atoms with Crippen LogP contribution < -0.4 is 16.4 Å². The largest absolute Gasteiger partial charge is 0.330 e. The van der Waals surface area contributed by atoms with Gasteiger partial charge < -0.3 is 16.4 Å². The molecule has 2 fully saturated rings. The van der Waals surface area contributed by atoms with Crippen LogP contribution in [0.3, 0.4) is 0 Å². The molecule has 2 aliphatic carbocycles. The summed E-state index contributed by atoms with van der Waals surface area (Å²) >= 11 is 0. The monoisotopic (exact) mass is 485 g/mol. The van der Waals surface area contributed by atoms with Crippen LogP contribution in [0.4, 0.5) is 0 Å². The predicted octanol–water partition coefficient (Wildman–Crippen LogP) is 7.18. The zero-order chi connectivity index (χ0) is 23.2. The molecule has 4 heteroatoms. The van der Waals surface area contributed by atoms with E-state index in [1.165, 1.54) is 90.0 Å². The third-order valence-corrected chi connectivity index (χ3v) is 9.04. The Morgan fingerprint density at radius 3 is 1.55 bits per heavy atom. The molecule has 0 amide bonds. The molecular weight excluding hydrogens is 426 g/mol. The number of hydrogen-bond donors (Lipinski definition) is 3. The molecule has 2 aliphatic rings. The van der Waals surface area contributed by atoms with Crippen LogP contribution in [-0.2, 0) is 0 Å². The second-order valence-electron chi connectivity index (χ2n) is 12.1. The minimum Gasteiger partial charge on any atom is -0.330 e. The molecule has 33 heavy (non-hydrogen) atoms. The van der Waals surface area contributed by atoms with E-state index >= 15 is 0 Å². The van der Waals surface area contributed by atoms with Gasteiger partial charge in [-0.1, -0.05) is 53.4 Å². The van der Waals surface area contributed by atoms with Gasteiger partial charge in [-0.3, -0.25) is 0 Å². The molecule has 2 rings (SSSR count). The number of nitrogens with one attached hydrogen (secondary N) is 2. The Morgan fingerprint density at radius 2 is 1.12 bits per heavy atom. The van der Waals surface area contributed by atoms with Crippen molar-refractivity contribution in [2.75, 3.05) is 26.2 Å². The van der Waals surface area contributed by atoms with E-state index in [0.29, 0.717) is 0 Å². The maximum Gasteiger partial charge on any atom is 0.00672 e. The van der Waals surface area contributed by atoms with Crippen LogP contribution in [0.25, 0.3) is 0 Å². The first-order chi connectivity index (χ1) is 15.5. The van der Waals surface area contributed by atoms with Crippen LogP contribution >= 0.6 is 12.4 Å². The second kappa shape index (κ2) is 18.4. The van der Waals surface area contributed by atoms with Crippen LogP contribution in [0.15, 0.2) is 0 Å². The summed E-state index contributed by atoms with van der Waals surface area (Å²) in [5.74, 6) is 5.74. The lowest BCUT2D eigenvalue weighted by atomic mass is 9.74. The normalized spacial score (nSPS) is 27.0. The first kappa shape index (κ1) is 31.2. The van der Waals surface area contributed by atoms with Crippen molar-refractivity contribution < 1.29 is 0 Å². The molecule has 0 radical (unpaired) electrons. The molecular formula is C29H60ClN3. The van der Waals surface area contributed by atoms with E-state index in [9.17, 15) is 0 Å². The molecule has 0 aromatic carbocycles. The van der Waals surface area contributed by atoms with Crippen molar-refractivity contribution >= 4 is 12.4 Å². The third-order valence-electron chi connectivity index (χ3n) is 9.04. The molecule has 0 spiro atoms. The van der Waals surface area contributed by atoms with Gasteiger partial charge in [-0.15, -0.1) is 12.4 Å². The van der Waals surface area contributed by atoms with Gasteiger partial charge in [0.25, 0.3) is 0 Å². The summed E-state index contributed by atoms with van der Waals surface area (Å²) in [6.07, 6.45) is 19.9. The topological polar surface area (TPSA) is 50.1 Å². The van der Waals surface area contributed by atoms with Gasteiger partial charge in [0.15, 0.2) is 0 Å². The van der Waals surface area contributed by atoms with E-state index in [1.807, 2.05) is 0 Å². The fraction of sp³-hybridized carbons (Fsp3) is 1.00. The highest BCUT2D eigenvalue weighted by molar-refractivity contribution is 5.85. The fourth-order valence-electron chi connectivity index (χ4n) is 6.38. The number of nitrogens with two attached hydrogens (primary N) is 1. The zero-order valence-electron chi connectivity index (χ0n) is 22.8. The van der Waals surface area contributed by atoms with Gasteiger partial charge in [0.1, 0.15) is 0 Å². The van der Waals surface area contributed by atoms with Gasteiger partial charge in [-0.25, -0.2) is 0 Å². The van der Waals surface area contributed by atoms with Crippen LogP contribution in [0, 0.1) is 35.5 Å². The summed E-state index contributed by atoms with van der Waals surface area (Å²) in [7, 11) is 0. The molecule has 3 nitrogen and oxygen atoms in total. The van der Waals surface area contributed by atoms with Crippen LogP contribution in [0.5, 0.6) is 0 Å². The van der Waals surface area contributed by atoms with E-state index in [0.717, 1.165) is 67.6 Å². The maximum atomic E-state index is 5.59. The fourth-order valence-corrected chi connectivity index (χ4v) is 6.38. The minimum absolute atomic E-state index is 0. The average Bonchev–Trinajstić information content (AvgIpc) is 2.80. The standard InChI is InChI=1S/C29H59N3.ClH/c1-23(2)27-13-7-25(8-14-27)11-17-29(32-22-6-21-31-20-5-19-30)18-12-26-9-15-28(16-10-26)24(3)4;/h23-29,31-32H,5-22,30H2,1-4H3;1H. The van der Waals surface area contributed by atoms with Crippen molar-refractivity contribution in [1.82, 2.24) is 10.6 Å². The summed E-state index contributed by atoms with van der Waals surface area (Å²) in [5, 5.41) is 7.51. The van der Waals surface area contributed by atoms with Gasteiger partial charge in [-0.05, 0) is 126 Å². The van der Waals surface area contributed by atoms with Crippen LogP contribution in [-0.4, -0.2) is 32.2 Å². The molecule has 0 bridgehead atoms. The molecule has 2 saturated carbocycles.